The van der Waals surface area contributed by atoms with Gasteiger partial charge >= 0.3 is 0 Å². The largest absolute Gasteiger partial charge is 0.371 e. The lowest BCUT2D eigenvalue weighted by atomic mass is 9.90. The monoisotopic (exact) mass is 180 g/mol. The highest BCUT2D eigenvalue weighted by Gasteiger charge is 2.33. The lowest BCUT2D eigenvalue weighted by Crippen LogP contribution is -2.44. The molecule has 0 unspecified atom stereocenters. The van der Waals surface area contributed by atoms with Crippen LogP contribution in [0.2, 0.25) is 0 Å². The summed E-state index contributed by atoms with van der Waals surface area (Å²) in [4.78, 5) is 8.87. The Kier molecular flexibility index (Phi) is 1.98. The summed E-state index contributed by atoms with van der Waals surface area (Å²) >= 11 is 0. The first-order valence-electron chi connectivity index (χ1n) is 4.79. The number of amidine groups is 2. The third-order valence-corrected chi connectivity index (χ3v) is 2.53. The standard InChI is InChI=1S/C9H16N4/c1-9(2,7-10-3-4-11-7)8-12-5-6-13-8/h3-6H2,1-2H3,(H,10,11)(H,12,13). The molecule has 0 amide bonds. The minimum atomic E-state index is -0.0625. The van der Waals surface area contributed by atoms with Gasteiger partial charge in [0.1, 0.15) is 11.7 Å². The molecular weight excluding hydrogens is 164 g/mol. The molecule has 0 aromatic carbocycles. The lowest BCUT2D eigenvalue weighted by molar-refractivity contribution is 0.681. The van der Waals surface area contributed by atoms with Crippen molar-refractivity contribution in [1.82, 2.24) is 10.6 Å². The Morgan fingerprint density at radius 3 is 1.77 bits per heavy atom. The first-order valence-corrected chi connectivity index (χ1v) is 4.79. The number of aliphatic imine (C=N–C) groups is 2. The van der Waals surface area contributed by atoms with Crippen molar-refractivity contribution in [3.05, 3.63) is 0 Å². The molecule has 0 spiro atoms. The van der Waals surface area contributed by atoms with E-state index < -0.39 is 0 Å². The first-order chi connectivity index (χ1) is 6.21. The van der Waals surface area contributed by atoms with E-state index in [0.717, 1.165) is 37.9 Å². The Balaban J connectivity index is 2.18. The van der Waals surface area contributed by atoms with Gasteiger partial charge in [0, 0.05) is 13.1 Å². The first kappa shape index (κ1) is 8.53. The van der Waals surface area contributed by atoms with Crippen LogP contribution in [0.1, 0.15) is 13.8 Å². The van der Waals surface area contributed by atoms with Gasteiger partial charge in [-0.25, -0.2) is 0 Å². The molecule has 0 aromatic rings. The molecule has 0 atom stereocenters. The van der Waals surface area contributed by atoms with Crippen molar-refractivity contribution < 1.29 is 0 Å². The smallest absolute Gasteiger partial charge is 0.110 e. The van der Waals surface area contributed by atoms with Crippen LogP contribution in [-0.4, -0.2) is 37.9 Å². The van der Waals surface area contributed by atoms with E-state index >= 15 is 0 Å². The maximum atomic E-state index is 4.44. The summed E-state index contributed by atoms with van der Waals surface area (Å²) in [6.45, 7) is 8.03. The molecule has 2 heterocycles. The fourth-order valence-corrected chi connectivity index (χ4v) is 1.75. The Morgan fingerprint density at radius 2 is 1.46 bits per heavy atom. The van der Waals surface area contributed by atoms with Crippen molar-refractivity contribution in [2.24, 2.45) is 15.4 Å². The highest BCUT2D eigenvalue weighted by atomic mass is 15.1. The van der Waals surface area contributed by atoms with Crippen LogP contribution in [0.5, 0.6) is 0 Å². The lowest BCUT2D eigenvalue weighted by Gasteiger charge is -2.25. The third kappa shape index (κ3) is 1.41. The Hall–Kier alpha value is -1.06. The molecule has 2 rings (SSSR count). The van der Waals surface area contributed by atoms with Crippen LogP contribution in [0.4, 0.5) is 0 Å². The van der Waals surface area contributed by atoms with Crippen LogP contribution >= 0.6 is 0 Å². The molecular formula is C9H16N4. The van der Waals surface area contributed by atoms with Gasteiger partial charge in [-0.3, -0.25) is 9.98 Å². The summed E-state index contributed by atoms with van der Waals surface area (Å²) in [5.41, 5.74) is -0.0625. The number of nitrogens with zero attached hydrogens (tertiary/aromatic N) is 2. The van der Waals surface area contributed by atoms with Crippen molar-refractivity contribution in [2.75, 3.05) is 26.2 Å². The Labute approximate surface area is 78.5 Å². The molecule has 0 fully saturated rings. The van der Waals surface area contributed by atoms with E-state index in [4.69, 9.17) is 0 Å². The van der Waals surface area contributed by atoms with Crippen molar-refractivity contribution >= 4 is 11.7 Å². The van der Waals surface area contributed by atoms with Crippen molar-refractivity contribution in [1.29, 1.82) is 0 Å². The predicted octanol–water partition coefficient (Wildman–Crippen LogP) is 0.0160. The average Bonchev–Trinajstić information content (AvgIpc) is 2.78. The average molecular weight is 180 g/mol. The Morgan fingerprint density at radius 1 is 1.00 bits per heavy atom. The van der Waals surface area contributed by atoms with Crippen molar-refractivity contribution in [3.8, 4) is 0 Å². The molecule has 0 aromatic heterocycles. The third-order valence-electron chi connectivity index (χ3n) is 2.53. The van der Waals surface area contributed by atoms with E-state index in [2.05, 4.69) is 34.5 Å². The Bertz CT molecular complexity index is 239. The summed E-state index contributed by atoms with van der Waals surface area (Å²) in [6, 6.07) is 0. The highest BCUT2D eigenvalue weighted by molar-refractivity contribution is 6.10. The van der Waals surface area contributed by atoms with Crippen molar-refractivity contribution in [2.45, 2.75) is 13.8 Å². The van der Waals surface area contributed by atoms with Gasteiger partial charge in [0.2, 0.25) is 0 Å². The molecule has 0 saturated carbocycles. The minimum absolute atomic E-state index is 0.0625. The number of hydrogen-bond acceptors (Lipinski definition) is 4. The zero-order valence-corrected chi connectivity index (χ0v) is 8.22. The van der Waals surface area contributed by atoms with E-state index in [0.29, 0.717) is 0 Å². The van der Waals surface area contributed by atoms with E-state index in [1.54, 1.807) is 0 Å². The van der Waals surface area contributed by atoms with Crippen LogP contribution in [0, 0.1) is 5.41 Å². The second-order valence-corrected chi connectivity index (χ2v) is 3.94. The fourth-order valence-electron chi connectivity index (χ4n) is 1.75. The molecule has 0 aliphatic carbocycles. The van der Waals surface area contributed by atoms with Crippen LogP contribution in [-0.2, 0) is 0 Å². The molecule has 0 saturated heterocycles. The van der Waals surface area contributed by atoms with E-state index in [1.165, 1.54) is 0 Å². The SMILES string of the molecule is CC(C)(C1=NCCN1)C1=NCCN1. The van der Waals surface area contributed by atoms with Crippen LogP contribution < -0.4 is 10.6 Å². The van der Waals surface area contributed by atoms with Crippen LogP contribution in [0.25, 0.3) is 0 Å². The van der Waals surface area contributed by atoms with Gasteiger partial charge in [-0.1, -0.05) is 0 Å². The second kappa shape index (κ2) is 3.01. The van der Waals surface area contributed by atoms with Gasteiger partial charge in [-0.15, -0.1) is 0 Å². The van der Waals surface area contributed by atoms with Crippen LogP contribution in [0.3, 0.4) is 0 Å². The summed E-state index contributed by atoms with van der Waals surface area (Å²) in [5, 5.41) is 6.61. The molecule has 72 valence electrons. The number of nitrogens with one attached hydrogen (secondary N) is 2. The number of rotatable bonds is 2. The van der Waals surface area contributed by atoms with E-state index in [-0.39, 0.29) is 5.41 Å². The van der Waals surface area contributed by atoms with E-state index in [1.807, 2.05) is 0 Å². The maximum absolute atomic E-state index is 4.44. The second-order valence-electron chi connectivity index (χ2n) is 3.94. The minimum Gasteiger partial charge on any atom is -0.371 e. The summed E-state index contributed by atoms with van der Waals surface area (Å²) in [7, 11) is 0. The van der Waals surface area contributed by atoms with E-state index in [9.17, 15) is 0 Å². The maximum Gasteiger partial charge on any atom is 0.110 e. The zero-order valence-electron chi connectivity index (χ0n) is 8.22. The fraction of sp³-hybridized carbons (Fsp3) is 0.778. The summed E-state index contributed by atoms with van der Waals surface area (Å²) in [5.74, 6) is 2.14. The zero-order chi connectivity index (χ0) is 9.31. The van der Waals surface area contributed by atoms with Crippen molar-refractivity contribution in [3.63, 3.8) is 0 Å². The molecule has 2 N–H and O–H groups in total. The van der Waals surface area contributed by atoms with Gasteiger partial charge in [0.05, 0.1) is 18.5 Å². The van der Waals surface area contributed by atoms with Gasteiger partial charge in [0.15, 0.2) is 0 Å². The topological polar surface area (TPSA) is 48.8 Å². The normalized spacial score (nSPS) is 22.0. The van der Waals surface area contributed by atoms with Gasteiger partial charge in [0.25, 0.3) is 0 Å². The van der Waals surface area contributed by atoms with Gasteiger partial charge in [-0.05, 0) is 13.8 Å². The molecule has 13 heavy (non-hydrogen) atoms. The molecule has 2 aliphatic rings. The predicted molar refractivity (Wildman–Crippen MR) is 54.4 cm³/mol. The highest BCUT2D eigenvalue weighted by Crippen LogP contribution is 2.20. The van der Waals surface area contributed by atoms with Crippen LogP contribution in [0.15, 0.2) is 9.98 Å². The molecule has 4 heteroatoms. The summed E-state index contributed by atoms with van der Waals surface area (Å²) in [6.07, 6.45) is 0. The summed E-state index contributed by atoms with van der Waals surface area (Å²) < 4.78 is 0. The van der Waals surface area contributed by atoms with Gasteiger partial charge < -0.3 is 10.6 Å². The quantitative estimate of drug-likeness (QED) is 0.629. The molecule has 2 aliphatic heterocycles. The molecule has 4 nitrogen and oxygen atoms in total. The van der Waals surface area contributed by atoms with Gasteiger partial charge in [-0.2, -0.15) is 0 Å². The number of hydrogen-bond donors (Lipinski definition) is 2. The molecule has 0 radical (unpaired) electrons. The molecule has 0 bridgehead atoms.